The van der Waals surface area contributed by atoms with Crippen molar-refractivity contribution in [2.45, 2.75) is 32.7 Å². The molecule has 0 radical (unpaired) electrons. The first-order valence-electron chi connectivity index (χ1n) is 8.34. The van der Waals surface area contributed by atoms with Crippen LogP contribution in [0.5, 0.6) is 11.6 Å². The van der Waals surface area contributed by atoms with Crippen molar-refractivity contribution in [3.63, 3.8) is 0 Å². The van der Waals surface area contributed by atoms with Gasteiger partial charge in [-0.3, -0.25) is 9.36 Å². The lowest BCUT2D eigenvalue weighted by Crippen LogP contribution is -2.13. The smallest absolute Gasteiger partial charge is 0.310 e. The lowest BCUT2D eigenvalue weighted by Gasteiger charge is -2.08. The van der Waals surface area contributed by atoms with Crippen LogP contribution in [0, 0.1) is 0 Å². The molecule has 3 heterocycles. The minimum Gasteiger partial charge on any atom is -0.493 e. The maximum atomic E-state index is 12.0. The number of ether oxygens (including phenoxy) is 1. The Labute approximate surface area is 149 Å². The number of allylic oxidation sites excluding steroid dienone is 1. The molecule has 132 valence electrons. The third-order valence-electron chi connectivity index (χ3n) is 3.82. The minimum absolute atomic E-state index is 0.0581. The van der Waals surface area contributed by atoms with Gasteiger partial charge in [-0.15, -0.1) is 0 Å². The Morgan fingerprint density at radius 1 is 1.36 bits per heavy atom. The zero-order valence-electron chi connectivity index (χ0n) is 14.1. The van der Waals surface area contributed by atoms with Crippen molar-refractivity contribution in [2.24, 2.45) is 0 Å². The molecule has 7 heteroatoms. The van der Waals surface area contributed by atoms with Crippen LogP contribution in [0.4, 0.5) is 0 Å². The highest BCUT2D eigenvalue weighted by atomic mass is 32.1. The monoisotopic (exact) mass is 359 g/mol. The third-order valence-corrected chi connectivity index (χ3v) is 4.75. The van der Waals surface area contributed by atoms with E-state index in [-0.39, 0.29) is 10.8 Å². The Morgan fingerprint density at radius 3 is 3.08 bits per heavy atom. The maximum Gasteiger partial charge on any atom is 0.310 e. The Kier molecular flexibility index (Phi) is 5.55. The van der Waals surface area contributed by atoms with E-state index >= 15 is 0 Å². The fourth-order valence-corrected chi connectivity index (χ4v) is 3.38. The summed E-state index contributed by atoms with van der Waals surface area (Å²) in [5, 5.41) is 10.1. The molecule has 25 heavy (non-hydrogen) atoms. The fraction of sp³-hybridized carbons (Fsp3) is 0.333. The number of nitrogens with zero attached hydrogens (tertiary/aromatic N) is 3. The number of pyridine rings is 1. The van der Waals surface area contributed by atoms with E-state index < -0.39 is 0 Å². The zero-order valence-corrected chi connectivity index (χ0v) is 14.9. The highest BCUT2D eigenvalue weighted by Crippen LogP contribution is 2.22. The second-order valence-electron chi connectivity index (χ2n) is 5.60. The van der Waals surface area contributed by atoms with Crippen LogP contribution in [0.2, 0.25) is 0 Å². The molecule has 0 amide bonds. The summed E-state index contributed by atoms with van der Waals surface area (Å²) >= 11 is 1.07. The Morgan fingerprint density at radius 2 is 2.24 bits per heavy atom. The molecule has 1 N–H and O–H groups in total. The second-order valence-corrected chi connectivity index (χ2v) is 6.60. The number of unbranched alkanes of at least 4 members (excludes halogenated alkanes) is 1. The molecule has 0 aliphatic heterocycles. The van der Waals surface area contributed by atoms with Crippen molar-refractivity contribution >= 4 is 23.1 Å². The molecular weight excluding hydrogens is 338 g/mol. The van der Waals surface area contributed by atoms with E-state index in [2.05, 4.69) is 4.98 Å². The number of hydrogen-bond acceptors (Lipinski definition) is 5. The number of rotatable bonds is 8. The summed E-state index contributed by atoms with van der Waals surface area (Å²) in [6, 6.07) is 3.81. The van der Waals surface area contributed by atoms with E-state index in [4.69, 9.17) is 4.74 Å². The normalized spacial score (nSPS) is 11.6. The van der Waals surface area contributed by atoms with E-state index in [0.717, 1.165) is 42.0 Å². The lowest BCUT2D eigenvalue weighted by atomic mass is 10.3. The van der Waals surface area contributed by atoms with Gasteiger partial charge in [-0.2, -0.15) is 0 Å². The summed E-state index contributed by atoms with van der Waals surface area (Å²) in [7, 11) is 0. The van der Waals surface area contributed by atoms with Gasteiger partial charge in [0.2, 0.25) is 5.88 Å². The molecule has 0 aliphatic rings. The molecule has 3 aromatic heterocycles. The Balaban J connectivity index is 1.52. The van der Waals surface area contributed by atoms with E-state index in [1.807, 2.05) is 41.9 Å². The summed E-state index contributed by atoms with van der Waals surface area (Å²) in [5.41, 5.74) is 0.793. The van der Waals surface area contributed by atoms with E-state index in [1.54, 1.807) is 12.3 Å². The lowest BCUT2D eigenvalue weighted by molar-refractivity contribution is 0.302. The highest BCUT2D eigenvalue weighted by molar-refractivity contribution is 7.10. The van der Waals surface area contributed by atoms with Gasteiger partial charge in [-0.25, -0.2) is 4.98 Å². The van der Waals surface area contributed by atoms with Crippen molar-refractivity contribution < 1.29 is 9.84 Å². The van der Waals surface area contributed by atoms with Crippen molar-refractivity contribution in [1.82, 2.24) is 14.0 Å². The number of hydrogen-bond donors (Lipinski definition) is 1. The molecule has 0 aliphatic carbocycles. The predicted molar refractivity (Wildman–Crippen MR) is 99.5 cm³/mol. The number of aromatic nitrogens is 3. The van der Waals surface area contributed by atoms with Crippen LogP contribution < -0.4 is 9.61 Å². The molecule has 0 spiro atoms. The van der Waals surface area contributed by atoms with Gasteiger partial charge in [0.25, 0.3) is 0 Å². The third kappa shape index (κ3) is 3.93. The topological polar surface area (TPSA) is 68.8 Å². The summed E-state index contributed by atoms with van der Waals surface area (Å²) in [5.74, 6) is 0.804. The number of thiazole rings is 1. The second kappa shape index (κ2) is 8.02. The average molecular weight is 359 g/mol. The molecule has 0 unspecified atom stereocenters. The first-order valence-corrected chi connectivity index (χ1v) is 9.16. The Hall–Kier alpha value is -2.54. The average Bonchev–Trinajstić information content (AvgIpc) is 3.19. The van der Waals surface area contributed by atoms with Gasteiger partial charge in [-0.1, -0.05) is 24.3 Å². The van der Waals surface area contributed by atoms with Crippen molar-refractivity contribution in [3.8, 4) is 11.6 Å². The fourth-order valence-electron chi connectivity index (χ4n) is 2.53. The van der Waals surface area contributed by atoms with Gasteiger partial charge in [-0.05, 0) is 37.5 Å². The van der Waals surface area contributed by atoms with Gasteiger partial charge >= 0.3 is 4.87 Å². The SMILES string of the molecule is CCC=Cc1sc(=O)n(CCCCOc2cccn3ccnc23)c1O. The first-order chi connectivity index (χ1) is 12.2. The van der Waals surface area contributed by atoms with Crippen LogP contribution >= 0.6 is 11.3 Å². The molecule has 0 saturated carbocycles. The van der Waals surface area contributed by atoms with Gasteiger partial charge < -0.3 is 14.2 Å². The van der Waals surface area contributed by atoms with Gasteiger partial charge in [0, 0.05) is 25.1 Å². The zero-order chi connectivity index (χ0) is 17.6. The number of fused-ring (bicyclic) bond motifs is 1. The summed E-state index contributed by atoms with van der Waals surface area (Å²) in [6.45, 7) is 3.03. The van der Waals surface area contributed by atoms with Gasteiger partial charge in [0.15, 0.2) is 11.4 Å². The first kappa shape index (κ1) is 17.3. The van der Waals surface area contributed by atoms with Crippen molar-refractivity contribution in [1.29, 1.82) is 0 Å². The molecule has 3 rings (SSSR count). The van der Waals surface area contributed by atoms with Crippen LogP contribution in [-0.2, 0) is 6.54 Å². The summed E-state index contributed by atoms with van der Waals surface area (Å²) in [4.78, 5) is 16.7. The van der Waals surface area contributed by atoms with Crippen LogP contribution in [0.25, 0.3) is 11.7 Å². The summed E-state index contributed by atoms with van der Waals surface area (Å²) in [6.07, 6.45) is 11.7. The largest absolute Gasteiger partial charge is 0.493 e. The molecule has 6 nitrogen and oxygen atoms in total. The molecule has 3 aromatic rings. The van der Waals surface area contributed by atoms with Crippen LogP contribution in [0.15, 0.2) is 41.6 Å². The molecule has 0 atom stereocenters. The summed E-state index contributed by atoms with van der Waals surface area (Å²) < 4.78 is 9.12. The standard InChI is InChI=1S/C18H21N3O3S/c1-2-3-8-15-17(22)21(18(23)25-15)11-4-5-13-24-14-7-6-10-20-12-9-19-16(14)20/h3,6-10,12,22H,2,4-5,11,13H2,1H3. The molecule has 0 saturated heterocycles. The number of aromatic hydroxyl groups is 1. The predicted octanol–water partition coefficient (Wildman–Crippen LogP) is 3.55. The minimum atomic E-state index is -0.128. The van der Waals surface area contributed by atoms with E-state index in [1.165, 1.54) is 4.57 Å². The molecule has 0 aromatic carbocycles. The molecule has 0 fully saturated rings. The van der Waals surface area contributed by atoms with Gasteiger partial charge in [0.1, 0.15) is 0 Å². The maximum absolute atomic E-state index is 12.0. The quantitative estimate of drug-likeness (QED) is 0.625. The molecular formula is C18H21N3O3S. The van der Waals surface area contributed by atoms with Crippen molar-refractivity contribution in [3.05, 3.63) is 51.3 Å². The Bertz CT molecular complexity index is 923. The van der Waals surface area contributed by atoms with Gasteiger partial charge in [0.05, 0.1) is 11.5 Å². The van der Waals surface area contributed by atoms with E-state index in [9.17, 15) is 9.90 Å². The van der Waals surface area contributed by atoms with Crippen molar-refractivity contribution in [2.75, 3.05) is 6.61 Å². The van der Waals surface area contributed by atoms with Crippen LogP contribution in [0.1, 0.15) is 31.1 Å². The van der Waals surface area contributed by atoms with Crippen LogP contribution in [-0.4, -0.2) is 25.7 Å². The number of imidazole rings is 1. The molecule has 0 bridgehead atoms. The van der Waals surface area contributed by atoms with Crippen LogP contribution in [0.3, 0.4) is 0 Å². The van der Waals surface area contributed by atoms with E-state index in [0.29, 0.717) is 18.0 Å². The highest BCUT2D eigenvalue weighted by Gasteiger charge is 2.11.